The Balaban J connectivity index is 2.40. The van der Waals surface area contributed by atoms with E-state index < -0.39 is 24.4 Å². The van der Waals surface area contributed by atoms with Gasteiger partial charge >= 0.3 is 17.9 Å². The highest BCUT2D eigenvalue weighted by Gasteiger charge is 2.46. The van der Waals surface area contributed by atoms with Gasteiger partial charge in [0.15, 0.2) is 12.2 Å². The van der Waals surface area contributed by atoms with Crippen LogP contribution in [0.5, 0.6) is 0 Å². The highest BCUT2D eigenvalue weighted by Crippen LogP contribution is 2.26. The van der Waals surface area contributed by atoms with Crippen LogP contribution in [-0.4, -0.2) is 60.6 Å². The molecule has 1 saturated heterocycles. The minimum Gasteiger partial charge on any atom is -0.463 e. The smallest absolute Gasteiger partial charge is 0.306 e. The van der Waals surface area contributed by atoms with Gasteiger partial charge in [0.2, 0.25) is 0 Å². The van der Waals surface area contributed by atoms with Gasteiger partial charge in [-0.25, -0.2) is 0 Å². The fraction of sp³-hybridized carbons (Fsp3) is 0.950. The summed E-state index contributed by atoms with van der Waals surface area (Å²) >= 11 is 0. The first kappa shape index (κ1) is 64.3. The molecule has 0 aromatic rings. The van der Waals surface area contributed by atoms with Crippen molar-refractivity contribution in [2.45, 2.75) is 353 Å². The van der Waals surface area contributed by atoms with E-state index in [-0.39, 0.29) is 37.5 Å². The van der Waals surface area contributed by atoms with Crippen LogP contribution in [0.15, 0.2) is 0 Å². The summed E-state index contributed by atoms with van der Waals surface area (Å²) in [6.45, 7) is 6.58. The lowest BCUT2D eigenvalue weighted by Gasteiger charge is -2.26. The van der Waals surface area contributed by atoms with Gasteiger partial charge in [-0.05, 0) is 19.3 Å². The zero-order valence-corrected chi connectivity index (χ0v) is 45.5. The Morgan fingerprint density at radius 1 is 0.382 bits per heavy atom. The molecule has 0 aromatic heterocycles. The van der Waals surface area contributed by atoms with Crippen molar-refractivity contribution >= 4 is 17.9 Å². The van der Waals surface area contributed by atoms with E-state index >= 15 is 0 Å². The molecular weight excluding hydrogens is 849 g/mol. The Bertz CT molecular complexity index is 1100. The summed E-state index contributed by atoms with van der Waals surface area (Å²) in [7, 11) is 0. The van der Waals surface area contributed by atoms with Crippen LogP contribution in [-0.2, 0) is 33.3 Å². The second-order valence-corrected chi connectivity index (χ2v) is 21.1. The Labute approximate surface area is 421 Å². The number of carbonyl (C=O) groups is 3. The maximum Gasteiger partial charge on any atom is 0.306 e. The summed E-state index contributed by atoms with van der Waals surface area (Å²) in [5.41, 5.74) is 0. The summed E-state index contributed by atoms with van der Waals surface area (Å²) in [6.07, 6.45) is 53.6. The van der Waals surface area contributed by atoms with Crippen LogP contribution >= 0.6 is 0 Å². The van der Waals surface area contributed by atoms with Crippen LogP contribution in [0.2, 0.25) is 0 Å². The summed E-state index contributed by atoms with van der Waals surface area (Å²) in [6, 6.07) is 0. The molecule has 8 heteroatoms. The lowest BCUT2D eigenvalue weighted by Crippen LogP contribution is -2.45. The zero-order chi connectivity index (χ0) is 49.2. The molecule has 1 N–H and O–H groups in total. The number of hydrogen-bond acceptors (Lipinski definition) is 8. The van der Waals surface area contributed by atoms with E-state index in [0.29, 0.717) is 12.8 Å². The first-order valence-electron chi connectivity index (χ1n) is 30.3. The SMILES string of the molecule is CCCCCCCCCCCCCCCCCC(=O)OC[C@@H](O)[C@H]1OC[C@H](OC(=O)CCCCCCCCCCCCCCCCC)[C@H]1OC(=O)CCCCCCCCCCCCCCCCC. The number of unbranched alkanes of at least 4 members (excludes halogenated alkanes) is 42. The van der Waals surface area contributed by atoms with Crippen molar-refractivity contribution in [2.24, 2.45) is 0 Å². The molecule has 0 radical (unpaired) electrons. The molecule has 402 valence electrons. The van der Waals surface area contributed by atoms with Gasteiger partial charge in [0, 0.05) is 19.3 Å². The number of carbonyl (C=O) groups excluding carboxylic acids is 3. The maximum absolute atomic E-state index is 13.2. The van der Waals surface area contributed by atoms with Crippen LogP contribution in [0.25, 0.3) is 0 Å². The number of aliphatic hydroxyl groups excluding tert-OH is 1. The average Bonchev–Trinajstić information content (AvgIpc) is 3.72. The van der Waals surface area contributed by atoms with Crippen LogP contribution in [0.3, 0.4) is 0 Å². The molecule has 0 spiro atoms. The number of hydrogen-bond donors (Lipinski definition) is 1. The Morgan fingerprint density at radius 2 is 0.632 bits per heavy atom. The fourth-order valence-corrected chi connectivity index (χ4v) is 9.89. The Morgan fingerprint density at radius 3 is 0.926 bits per heavy atom. The van der Waals surface area contributed by atoms with Crippen molar-refractivity contribution in [1.82, 2.24) is 0 Å². The minimum atomic E-state index is -1.21. The molecule has 0 saturated carbocycles. The van der Waals surface area contributed by atoms with E-state index in [2.05, 4.69) is 20.8 Å². The molecule has 1 heterocycles. The summed E-state index contributed by atoms with van der Waals surface area (Å²) < 4.78 is 23.2. The third-order valence-electron chi connectivity index (χ3n) is 14.4. The first-order chi connectivity index (χ1) is 33.4. The van der Waals surface area contributed by atoms with E-state index in [0.717, 1.165) is 57.8 Å². The highest BCUT2D eigenvalue weighted by atomic mass is 16.6. The topological polar surface area (TPSA) is 108 Å². The minimum absolute atomic E-state index is 0.0241. The molecule has 1 aliphatic rings. The normalized spacial score (nSPS) is 16.3. The molecule has 0 unspecified atom stereocenters. The van der Waals surface area contributed by atoms with Crippen molar-refractivity contribution in [1.29, 1.82) is 0 Å². The van der Waals surface area contributed by atoms with E-state index in [9.17, 15) is 19.5 Å². The van der Waals surface area contributed by atoms with Gasteiger partial charge in [-0.1, -0.05) is 290 Å². The van der Waals surface area contributed by atoms with Crippen molar-refractivity contribution in [3.8, 4) is 0 Å². The van der Waals surface area contributed by atoms with Crippen LogP contribution in [0.1, 0.15) is 329 Å². The van der Waals surface area contributed by atoms with Crippen molar-refractivity contribution < 1.29 is 38.4 Å². The van der Waals surface area contributed by atoms with Gasteiger partial charge in [0.1, 0.15) is 18.8 Å². The van der Waals surface area contributed by atoms with Crippen molar-refractivity contribution in [2.75, 3.05) is 13.2 Å². The molecule has 68 heavy (non-hydrogen) atoms. The molecule has 1 rings (SSSR count). The van der Waals surface area contributed by atoms with E-state index in [1.165, 1.54) is 231 Å². The first-order valence-corrected chi connectivity index (χ1v) is 30.3. The van der Waals surface area contributed by atoms with Crippen LogP contribution < -0.4 is 0 Å². The Hall–Kier alpha value is -1.67. The standard InChI is InChI=1S/C60H114O8/c1-4-7-10-13-16-19-22-25-28-31-34-37-40-43-46-49-56(62)65-52-54(61)59-60(68-58(64)51-48-45-42-39-36-33-30-27-24-21-18-15-12-9-6-3)55(53-66-59)67-57(63)50-47-44-41-38-35-32-29-26-23-20-17-14-11-8-5-2/h54-55,59-61H,4-53H2,1-3H3/t54-,55+,59-,60-/m1/s1. The van der Waals surface area contributed by atoms with Crippen molar-refractivity contribution in [3.05, 3.63) is 0 Å². The van der Waals surface area contributed by atoms with Gasteiger partial charge in [-0.2, -0.15) is 0 Å². The number of rotatable bonds is 53. The van der Waals surface area contributed by atoms with E-state index in [1.54, 1.807) is 0 Å². The van der Waals surface area contributed by atoms with E-state index in [1.807, 2.05) is 0 Å². The lowest BCUT2D eigenvalue weighted by molar-refractivity contribution is -0.170. The Kier molecular flexibility index (Phi) is 47.6. The third-order valence-corrected chi connectivity index (χ3v) is 14.4. The van der Waals surface area contributed by atoms with Crippen LogP contribution in [0.4, 0.5) is 0 Å². The second-order valence-electron chi connectivity index (χ2n) is 21.1. The van der Waals surface area contributed by atoms with Gasteiger partial charge in [0.25, 0.3) is 0 Å². The number of aliphatic hydroxyl groups is 1. The van der Waals surface area contributed by atoms with Gasteiger partial charge < -0.3 is 24.1 Å². The summed E-state index contributed by atoms with van der Waals surface area (Å²) in [4.78, 5) is 38.8. The monoisotopic (exact) mass is 963 g/mol. The zero-order valence-electron chi connectivity index (χ0n) is 45.5. The number of esters is 3. The molecule has 0 amide bonds. The predicted octanol–water partition coefficient (Wildman–Crippen LogP) is 17.9. The fourth-order valence-electron chi connectivity index (χ4n) is 9.89. The number of ether oxygens (including phenoxy) is 4. The second kappa shape index (κ2) is 50.3. The van der Waals surface area contributed by atoms with Crippen molar-refractivity contribution in [3.63, 3.8) is 0 Å². The van der Waals surface area contributed by atoms with E-state index in [4.69, 9.17) is 18.9 Å². The summed E-state index contributed by atoms with van der Waals surface area (Å²) in [5.74, 6) is -1.05. The lowest BCUT2D eigenvalue weighted by atomic mass is 10.0. The third kappa shape index (κ3) is 41.0. The molecule has 1 aliphatic heterocycles. The summed E-state index contributed by atoms with van der Waals surface area (Å²) in [5, 5.41) is 11.2. The highest BCUT2D eigenvalue weighted by molar-refractivity contribution is 5.71. The molecule has 4 atom stereocenters. The molecule has 8 nitrogen and oxygen atoms in total. The molecule has 1 fully saturated rings. The maximum atomic E-state index is 13.2. The average molecular weight is 964 g/mol. The molecular formula is C60H114O8. The van der Waals surface area contributed by atoms with Crippen LogP contribution in [0, 0.1) is 0 Å². The van der Waals surface area contributed by atoms with Gasteiger partial charge in [-0.3, -0.25) is 14.4 Å². The molecule has 0 aliphatic carbocycles. The van der Waals surface area contributed by atoms with Gasteiger partial charge in [0.05, 0.1) is 6.61 Å². The largest absolute Gasteiger partial charge is 0.463 e. The molecule has 0 bridgehead atoms. The van der Waals surface area contributed by atoms with Gasteiger partial charge in [-0.15, -0.1) is 0 Å². The molecule has 0 aromatic carbocycles. The predicted molar refractivity (Wildman–Crippen MR) is 285 cm³/mol. The quantitative estimate of drug-likeness (QED) is 0.0365.